The Morgan fingerprint density at radius 2 is 2.04 bits per heavy atom. The molecule has 0 unspecified atom stereocenters. The Balaban J connectivity index is 1.67. The van der Waals surface area contributed by atoms with Crippen LogP contribution in [0.5, 0.6) is 0 Å². The molecule has 1 aromatic rings. The van der Waals surface area contributed by atoms with Crippen LogP contribution in [0.3, 0.4) is 0 Å². The van der Waals surface area contributed by atoms with Crippen molar-refractivity contribution < 1.29 is 9.53 Å². The molecule has 1 fully saturated rings. The van der Waals surface area contributed by atoms with E-state index < -0.39 is 5.60 Å². The Bertz CT molecular complexity index is 643. The van der Waals surface area contributed by atoms with Gasteiger partial charge in [0, 0.05) is 46.2 Å². The van der Waals surface area contributed by atoms with Crippen LogP contribution in [-0.2, 0) is 17.7 Å². The monoisotopic (exact) mass is 393 g/mol. The van der Waals surface area contributed by atoms with Crippen LogP contribution < -0.4 is 10.6 Å². The molecule has 1 saturated heterocycles. The third kappa shape index (κ3) is 7.01. The van der Waals surface area contributed by atoms with E-state index in [1.54, 1.807) is 18.3 Å². The van der Waals surface area contributed by atoms with Crippen LogP contribution in [0.1, 0.15) is 46.4 Å². The minimum absolute atomic E-state index is 0.211. The smallest absolute Gasteiger partial charge is 0.410 e. The number of rotatable bonds is 6. The van der Waals surface area contributed by atoms with Crippen molar-refractivity contribution in [1.29, 1.82) is 0 Å². The molecule has 2 rings (SSSR count). The maximum absolute atomic E-state index is 12.1. The Labute approximate surface area is 167 Å². The van der Waals surface area contributed by atoms with Gasteiger partial charge in [0.25, 0.3) is 0 Å². The predicted octanol–water partition coefficient (Wildman–Crippen LogP) is 1.65. The third-order valence-electron chi connectivity index (χ3n) is 4.71. The fourth-order valence-corrected chi connectivity index (χ4v) is 3.14. The molecule has 2 N–H and O–H groups in total. The molecule has 28 heavy (non-hydrogen) atoms. The summed E-state index contributed by atoms with van der Waals surface area (Å²) in [5.41, 5.74) is -0.446. The van der Waals surface area contributed by atoms with E-state index in [-0.39, 0.29) is 6.09 Å². The van der Waals surface area contributed by atoms with Gasteiger partial charge in [0.2, 0.25) is 0 Å². The lowest BCUT2D eigenvalue weighted by Gasteiger charge is -2.33. The minimum atomic E-state index is -0.446. The van der Waals surface area contributed by atoms with Gasteiger partial charge in [-0.2, -0.15) is 0 Å². The molecule has 1 aliphatic rings. The molecule has 2 heterocycles. The van der Waals surface area contributed by atoms with E-state index in [0.717, 1.165) is 63.8 Å². The van der Waals surface area contributed by atoms with Crippen molar-refractivity contribution in [2.24, 2.45) is 10.9 Å². The first-order chi connectivity index (χ1) is 13.3. The lowest BCUT2D eigenvalue weighted by atomic mass is 9.97. The molecule has 0 atom stereocenters. The highest BCUT2D eigenvalue weighted by atomic mass is 16.6. The molecule has 9 nitrogen and oxygen atoms in total. The SMILES string of the molecule is CCc1nncn1CCNC(=NC)NCC1CCN(C(=O)OC(C)(C)C)CC1. The van der Waals surface area contributed by atoms with Gasteiger partial charge < -0.3 is 24.8 Å². The Morgan fingerprint density at radius 3 is 2.64 bits per heavy atom. The summed E-state index contributed by atoms with van der Waals surface area (Å²) in [5.74, 6) is 2.30. The Hall–Kier alpha value is -2.32. The maximum Gasteiger partial charge on any atom is 0.410 e. The third-order valence-corrected chi connectivity index (χ3v) is 4.71. The zero-order valence-electron chi connectivity index (χ0n) is 17.9. The van der Waals surface area contributed by atoms with Gasteiger partial charge in [0.05, 0.1) is 0 Å². The van der Waals surface area contributed by atoms with E-state index in [9.17, 15) is 4.79 Å². The molecule has 9 heteroatoms. The normalized spacial score (nSPS) is 16.2. The molecule has 0 radical (unpaired) electrons. The fraction of sp³-hybridized carbons (Fsp3) is 0.789. The highest BCUT2D eigenvalue weighted by molar-refractivity contribution is 5.79. The number of aryl methyl sites for hydroxylation is 1. The van der Waals surface area contributed by atoms with E-state index in [1.807, 2.05) is 25.3 Å². The average molecular weight is 394 g/mol. The number of carbonyl (C=O) groups excluding carboxylic acids is 1. The highest BCUT2D eigenvalue weighted by Crippen LogP contribution is 2.19. The van der Waals surface area contributed by atoms with Gasteiger partial charge in [0.1, 0.15) is 17.8 Å². The molecular formula is C19H35N7O2. The highest BCUT2D eigenvalue weighted by Gasteiger charge is 2.26. The van der Waals surface area contributed by atoms with Gasteiger partial charge in [-0.25, -0.2) is 4.79 Å². The number of amides is 1. The van der Waals surface area contributed by atoms with Crippen LogP contribution in [0, 0.1) is 5.92 Å². The van der Waals surface area contributed by atoms with Crippen LogP contribution in [0.25, 0.3) is 0 Å². The number of hydrogen-bond acceptors (Lipinski definition) is 5. The number of hydrogen-bond donors (Lipinski definition) is 2. The molecule has 0 aromatic carbocycles. The van der Waals surface area contributed by atoms with Gasteiger partial charge in [0.15, 0.2) is 5.96 Å². The van der Waals surface area contributed by atoms with E-state index >= 15 is 0 Å². The zero-order valence-corrected chi connectivity index (χ0v) is 17.9. The van der Waals surface area contributed by atoms with Gasteiger partial charge in [-0.1, -0.05) is 6.92 Å². The largest absolute Gasteiger partial charge is 0.444 e. The van der Waals surface area contributed by atoms with Crippen molar-refractivity contribution >= 4 is 12.1 Å². The lowest BCUT2D eigenvalue weighted by molar-refractivity contribution is 0.0185. The quantitative estimate of drug-likeness (QED) is 0.563. The van der Waals surface area contributed by atoms with E-state index in [0.29, 0.717) is 5.92 Å². The molecule has 0 bridgehead atoms. The molecule has 0 spiro atoms. The number of piperidine rings is 1. The van der Waals surface area contributed by atoms with Crippen LogP contribution in [0.2, 0.25) is 0 Å². The fourth-order valence-electron chi connectivity index (χ4n) is 3.14. The average Bonchev–Trinajstić information content (AvgIpc) is 3.11. The number of likely N-dealkylation sites (tertiary alicyclic amines) is 1. The summed E-state index contributed by atoms with van der Waals surface area (Å²) < 4.78 is 7.50. The van der Waals surface area contributed by atoms with Gasteiger partial charge in [-0.15, -0.1) is 10.2 Å². The van der Waals surface area contributed by atoms with Crippen LogP contribution in [0.4, 0.5) is 4.79 Å². The predicted molar refractivity (Wildman–Crippen MR) is 109 cm³/mol. The Morgan fingerprint density at radius 1 is 1.32 bits per heavy atom. The van der Waals surface area contributed by atoms with Crippen LogP contribution >= 0.6 is 0 Å². The second kappa shape index (κ2) is 10.3. The molecule has 0 aliphatic carbocycles. The summed E-state index contributed by atoms with van der Waals surface area (Å²) >= 11 is 0. The summed E-state index contributed by atoms with van der Waals surface area (Å²) in [6, 6.07) is 0. The van der Waals surface area contributed by atoms with Crippen molar-refractivity contribution in [3.05, 3.63) is 12.2 Å². The number of nitrogens with one attached hydrogen (secondary N) is 2. The number of nitrogens with zero attached hydrogens (tertiary/aromatic N) is 5. The lowest BCUT2D eigenvalue weighted by Crippen LogP contribution is -2.45. The second-order valence-electron chi connectivity index (χ2n) is 8.08. The molecule has 0 saturated carbocycles. The summed E-state index contributed by atoms with van der Waals surface area (Å²) in [6.45, 7) is 11.6. The van der Waals surface area contributed by atoms with Gasteiger partial charge in [-0.3, -0.25) is 4.99 Å². The molecular weight excluding hydrogens is 358 g/mol. The van der Waals surface area contributed by atoms with Gasteiger partial charge in [-0.05, 0) is 39.5 Å². The maximum atomic E-state index is 12.1. The van der Waals surface area contributed by atoms with Gasteiger partial charge >= 0.3 is 6.09 Å². The van der Waals surface area contributed by atoms with Crippen molar-refractivity contribution in [3.63, 3.8) is 0 Å². The number of aromatic nitrogens is 3. The molecule has 1 amide bonds. The molecule has 1 aromatic heterocycles. The van der Waals surface area contributed by atoms with Crippen molar-refractivity contribution in [1.82, 2.24) is 30.3 Å². The number of aliphatic imine (C=N–C) groups is 1. The Kier molecular flexibility index (Phi) is 8.07. The van der Waals surface area contributed by atoms with E-state index in [1.165, 1.54) is 0 Å². The number of guanidine groups is 1. The van der Waals surface area contributed by atoms with E-state index in [2.05, 4.69) is 32.7 Å². The summed E-state index contributed by atoms with van der Waals surface area (Å²) in [7, 11) is 1.77. The zero-order chi connectivity index (χ0) is 20.6. The molecule has 158 valence electrons. The minimum Gasteiger partial charge on any atom is -0.444 e. The topological polar surface area (TPSA) is 96.7 Å². The first-order valence-corrected chi connectivity index (χ1v) is 10.1. The van der Waals surface area contributed by atoms with Crippen LogP contribution in [-0.4, -0.2) is 70.5 Å². The summed E-state index contributed by atoms with van der Waals surface area (Å²) in [5, 5.41) is 14.8. The second-order valence-corrected chi connectivity index (χ2v) is 8.08. The van der Waals surface area contributed by atoms with Crippen LogP contribution in [0.15, 0.2) is 11.3 Å². The first-order valence-electron chi connectivity index (χ1n) is 10.1. The van der Waals surface area contributed by atoms with Crippen molar-refractivity contribution in [2.75, 3.05) is 33.2 Å². The van der Waals surface area contributed by atoms with Crippen molar-refractivity contribution in [3.8, 4) is 0 Å². The first kappa shape index (κ1) is 22.0. The molecule has 1 aliphatic heterocycles. The number of ether oxygens (including phenoxy) is 1. The number of carbonyl (C=O) groups is 1. The standard InChI is InChI=1S/C19H35N7O2/c1-6-16-24-23-14-26(16)12-9-21-17(20-5)22-13-15-7-10-25(11-8-15)18(27)28-19(2,3)4/h14-15H,6-13H2,1-5H3,(H2,20,21,22). The van der Waals surface area contributed by atoms with Crippen molar-refractivity contribution in [2.45, 2.75) is 59.1 Å². The summed E-state index contributed by atoms with van der Waals surface area (Å²) in [4.78, 5) is 18.2. The van der Waals surface area contributed by atoms with E-state index in [4.69, 9.17) is 4.74 Å². The summed E-state index contributed by atoms with van der Waals surface area (Å²) in [6.07, 6.45) is 4.34.